The first-order valence-corrected chi connectivity index (χ1v) is 9.03. The molecule has 0 aliphatic rings. The van der Waals surface area contributed by atoms with Gasteiger partial charge in [-0.2, -0.15) is 0 Å². The number of likely N-dealkylation sites (N-methyl/N-ethyl adjacent to an activating group) is 1. The average Bonchev–Trinajstić information content (AvgIpc) is 3.08. The zero-order valence-electron chi connectivity index (χ0n) is 16.5. The highest BCUT2D eigenvalue weighted by Gasteiger charge is 2.17. The van der Waals surface area contributed by atoms with E-state index in [2.05, 4.69) is 5.32 Å². The number of amides is 2. The SMILES string of the molecule is COc1ccc(NC(=O)CN(C)C(=O)Cc2coc3c(C)c(C)ccc23)cc1. The molecule has 0 aliphatic heterocycles. The van der Waals surface area contributed by atoms with Crippen LogP contribution in [0.4, 0.5) is 5.69 Å². The summed E-state index contributed by atoms with van der Waals surface area (Å²) in [5, 5.41) is 3.71. The molecule has 146 valence electrons. The quantitative estimate of drug-likeness (QED) is 0.708. The van der Waals surface area contributed by atoms with Gasteiger partial charge in [0.15, 0.2) is 0 Å². The zero-order chi connectivity index (χ0) is 20.3. The number of hydrogen-bond donors (Lipinski definition) is 1. The Hall–Kier alpha value is -3.28. The second-order valence-electron chi connectivity index (χ2n) is 6.85. The Morgan fingerprint density at radius 2 is 1.82 bits per heavy atom. The van der Waals surface area contributed by atoms with E-state index in [1.54, 1.807) is 44.7 Å². The maximum atomic E-state index is 12.6. The molecule has 0 aliphatic carbocycles. The summed E-state index contributed by atoms with van der Waals surface area (Å²) in [6, 6.07) is 11.0. The first-order chi connectivity index (χ1) is 13.4. The predicted octanol–water partition coefficient (Wildman–Crippen LogP) is 3.70. The summed E-state index contributed by atoms with van der Waals surface area (Å²) in [4.78, 5) is 26.2. The highest BCUT2D eigenvalue weighted by atomic mass is 16.5. The molecule has 1 aromatic heterocycles. The lowest BCUT2D eigenvalue weighted by Gasteiger charge is -2.16. The van der Waals surface area contributed by atoms with Crippen molar-refractivity contribution in [2.75, 3.05) is 26.0 Å². The minimum absolute atomic E-state index is 0.0290. The number of anilines is 1. The first kappa shape index (κ1) is 19.5. The molecule has 0 fully saturated rings. The van der Waals surface area contributed by atoms with Crippen molar-refractivity contribution in [3.8, 4) is 5.75 Å². The summed E-state index contributed by atoms with van der Waals surface area (Å²) >= 11 is 0. The fraction of sp³-hybridized carbons (Fsp3) is 0.273. The summed E-state index contributed by atoms with van der Waals surface area (Å²) in [5.41, 5.74) is 4.50. The number of nitrogens with zero attached hydrogens (tertiary/aromatic N) is 1. The lowest BCUT2D eigenvalue weighted by molar-refractivity contribution is -0.132. The molecule has 2 amide bonds. The van der Waals surface area contributed by atoms with Crippen LogP contribution in [0.1, 0.15) is 16.7 Å². The summed E-state index contributed by atoms with van der Waals surface area (Å²) < 4.78 is 10.8. The van der Waals surface area contributed by atoms with E-state index < -0.39 is 0 Å². The Balaban J connectivity index is 1.61. The molecule has 6 heteroatoms. The van der Waals surface area contributed by atoms with Crippen LogP contribution in [-0.2, 0) is 16.0 Å². The van der Waals surface area contributed by atoms with Gasteiger partial charge in [0.25, 0.3) is 0 Å². The van der Waals surface area contributed by atoms with E-state index in [1.807, 2.05) is 26.0 Å². The van der Waals surface area contributed by atoms with Crippen LogP contribution in [0, 0.1) is 13.8 Å². The van der Waals surface area contributed by atoms with Gasteiger partial charge in [-0.05, 0) is 49.2 Å². The molecular weight excluding hydrogens is 356 g/mol. The number of ether oxygens (including phenoxy) is 1. The number of furan rings is 1. The van der Waals surface area contributed by atoms with Gasteiger partial charge in [-0.1, -0.05) is 12.1 Å². The maximum absolute atomic E-state index is 12.6. The van der Waals surface area contributed by atoms with Gasteiger partial charge in [0.2, 0.25) is 11.8 Å². The average molecular weight is 380 g/mol. The number of carbonyl (C=O) groups excluding carboxylic acids is 2. The molecule has 3 rings (SSSR count). The Kier molecular flexibility index (Phi) is 5.68. The van der Waals surface area contributed by atoms with Gasteiger partial charge in [-0.15, -0.1) is 0 Å². The largest absolute Gasteiger partial charge is 0.497 e. The van der Waals surface area contributed by atoms with Crippen LogP contribution in [-0.4, -0.2) is 37.4 Å². The number of carbonyl (C=O) groups is 2. The number of fused-ring (bicyclic) bond motifs is 1. The van der Waals surface area contributed by atoms with Crippen molar-refractivity contribution in [2.45, 2.75) is 20.3 Å². The third-order valence-corrected chi connectivity index (χ3v) is 4.86. The molecule has 0 atom stereocenters. The van der Waals surface area contributed by atoms with Crippen molar-refractivity contribution >= 4 is 28.5 Å². The van der Waals surface area contributed by atoms with Crippen LogP contribution in [0.2, 0.25) is 0 Å². The molecule has 28 heavy (non-hydrogen) atoms. The van der Waals surface area contributed by atoms with Gasteiger partial charge in [-0.3, -0.25) is 9.59 Å². The summed E-state index contributed by atoms with van der Waals surface area (Å²) in [5.74, 6) is 0.304. The van der Waals surface area contributed by atoms with Gasteiger partial charge in [0.05, 0.1) is 26.3 Å². The van der Waals surface area contributed by atoms with Crippen LogP contribution in [0.15, 0.2) is 47.1 Å². The fourth-order valence-corrected chi connectivity index (χ4v) is 3.00. The van der Waals surface area contributed by atoms with E-state index >= 15 is 0 Å². The molecular formula is C22H24N2O4. The standard InChI is InChI=1S/C22H24N2O4/c1-14-5-10-19-16(13-28-22(19)15(14)2)11-21(26)24(3)12-20(25)23-17-6-8-18(27-4)9-7-17/h5-10,13H,11-12H2,1-4H3,(H,23,25). The Morgan fingerprint density at radius 1 is 1.11 bits per heavy atom. The lowest BCUT2D eigenvalue weighted by atomic mass is 10.0. The van der Waals surface area contributed by atoms with E-state index in [1.165, 1.54) is 4.90 Å². The summed E-state index contributed by atoms with van der Waals surface area (Å²) in [6.07, 6.45) is 1.81. The van der Waals surface area contributed by atoms with Crippen LogP contribution in [0.5, 0.6) is 5.75 Å². The van der Waals surface area contributed by atoms with E-state index in [-0.39, 0.29) is 24.8 Å². The molecule has 6 nitrogen and oxygen atoms in total. The molecule has 0 spiro atoms. The smallest absolute Gasteiger partial charge is 0.243 e. The number of nitrogens with one attached hydrogen (secondary N) is 1. The third-order valence-electron chi connectivity index (χ3n) is 4.86. The Bertz CT molecular complexity index is 1010. The van der Waals surface area contributed by atoms with Crippen LogP contribution < -0.4 is 10.1 Å². The van der Waals surface area contributed by atoms with Crippen LogP contribution in [0.3, 0.4) is 0 Å². The number of aryl methyl sites for hydroxylation is 2. The van der Waals surface area contributed by atoms with Crippen LogP contribution in [0.25, 0.3) is 11.0 Å². The van der Waals surface area contributed by atoms with Crippen molar-refractivity contribution in [1.29, 1.82) is 0 Å². The number of rotatable bonds is 6. The summed E-state index contributed by atoms with van der Waals surface area (Å²) in [7, 11) is 3.20. The lowest BCUT2D eigenvalue weighted by Crippen LogP contribution is -2.35. The molecule has 0 bridgehead atoms. The van der Waals surface area contributed by atoms with E-state index in [0.29, 0.717) is 11.4 Å². The molecule has 0 radical (unpaired) electrons. The number of benzene rings is 2. The molecule has 0 saturated carbocycles. The van der Waals surface area contributed by atoms with Crippen molar-refractivity contribution in [3.05, 3.63) is 59.4 Å². The van der Waals surface area contributed by atoms with Gasteiger partial charge >= 0.3 is 0 Å². The Labute approximate surface area is 164 Å². The highest BCUT2D eigenvalue weighted by molar-refractivity contribution is 5.95. The molecule has 2 aromatic carbocycles. The summed E-state index contributed by atoms with van der Waals surface area (Å²) in [6.45, 7) is 4.00. The second-order valence-corrected chi connectivity index (χ2v) is 6.85. The van der Waals surface area contributed by atoms with Gasteiger partial charge in [-0.25, -0.2) is 0 Å². The van der Waals surface area contributed by atoms with Gasteiger partial charge < -0.3 is 19.4 Å². The topological polar surface area (TPSA) is 71.8 Å². The molecule has 0 unspecified atom stereocenters. The van der Waals surface area contributed by atoms with Crippen LogP contribution >= 0.6 is 0 Å². The number of hydrogen-bond acceptors (Lipinski definition) is 4. The van der Waals surface area contributed by atoms with Crippen molar-refractivity contribution in [3.63, 3.8) is 0 Å². The van der Waals surface area contributed by atoms with Crippen molar-refractivity contribution in [1.82, 2.24) is 4.90 Å². The van der Waals surface area contributed by atoms with E-state index in [0.717, 1.165) is 27.7 Å². The monoisotopic (exact) mass is 380 g/mol. The molecule has 1 N–H and O–H groups in total. The van der Waals surface area contributed by atoms with Gasteiger partial charge in [0, 0.05) is 23.7 Å². The maximum Gasteiger partial charge on any atom is 0.243 e. The van der Waals surface area contributed by atoms with Crippen molar-refractivity contribution in [2.24, 2.45) is 0 Å². The third kappa shape index (κ3) is 4.17. The zero-order valence-corrected chi connectivity index (χ0v) is 16.5. The van der Waals surface area contributed by atoms with E-state index in [4.69, 9.17) is 9.15 Å². The predicted molar refractivity (Wildman–Crippen MR) is 109 cm³/mol. The van der Waals surface area contributed by atoms with Gasteiger partial charge in [0.1, 0.15) is 11.3 Å². The minimum Gasteiger partial charge on any atom is -0.497 e. The Morgan fingerprint density at radius 3 is 2.50 bits per heavy atom. The normalized spacial score (nSPS) is 10.7. The molecule has 3 aromatic rings. The fourth-order valence-electron chi connectivity index (χ4n) is 3.00. The van der Waals surface area contributed by atoms with E-state index in [9.17, 15) is 9.59 Å². The van der Waals surface area contributed by atoms with Crippen molar-refractivity contribution < 1.29 is 18.7 Å². The second kappa shape index (κ2) is 8.17. The molecule has 0 saturated heterocycles. The highest BCUT2D eigenvalue weighted by Crippen LogP contribution is 2.27. The molecule has 1 heterocycles. The number of methoxy groups -OCH3 is 1. The first-order valence-electron chi connectivity index (χ1n) is 9.03. The minimum atomic E-state index is -0.260.